The molecule has 2 heterocycles. The highest BCUT2D eigenvalue weighted by Gasteiger charge is 2.34. The van der Waals surface area contributed by atoms with E-state index in [0.29, 0.717) is 16.1 Å². The normalized spacial score (nSPS) is 14.8. The van der Waals surface area contributed by atoms with Crippen LogP contribution in [0.5, 0.6) is 0 Å². The van der Waals surface area contributed by atoms with Gasteiger partial charge in [-0.05, 0) is 66.7 Å². The monoisotopic (exact) mass is 526 g/mol. The summed E-state index contributed by atoms with van der Waals surface area (Å²) in [5.41, 5.74) is 2.18. The highest BCUT2D eigenvalue weighted by molar-refractivity contribution is 7.99. The number of nitro benzene ring substituents is 1. The molecule has 0 aliphatic carbocycles. The second-order valence-corrected chi connectivity index (χ2v) is 9.68. The average Bonchev–Trinajstić information content (AvgIpc) is 2.87. The summed E-state index contributed by atoms with van der Waals surface area (Å²) in [7, 11) is 0. The number of carbonyl (C=O) groups is 2. The van der Waals surface area contributed by atoms with Gasteiger partial charge in [-0.3, -0.25) is 34.9 Å². The lowest BCUT2D eigenvalue weighted by Crippen LogP contribution is -2.54. The number of amides is 2. The highest BCUT2D eigenvalue weighted by Crippen LogP contribution is 2.38. The molecule has 37 heavy (non-hydrogen) atoms. The smallest absolute Gasteiger partial charge is 0.283 e. The van der Waals surface area contributed by atoms with Crippen LogP contribution in [-0.2, 0) is 9.59 Å². The van der Waals surface area contributed by atoms with E-state index in [1.807, 2.05) is 43.3 Å². The Balaban J connectivity index is 1.51. The van der Waals surface area contributed by atoms with Gasteiger partial charge in [0.15, 0.2) is 5.11 Å². The Morgan fingerprint density at radius 2 is 1.81 bits per heavy atom. The van der Waals surface area contributed by atoms with E-state index in [1.165, 1.54) is 28.8 Å². The zero-order valence-electron chi connectivity index (χ0n) is 19.4. The van der Waals surface area contributed by atoms with E-state index < -0.39 is 16.7 Å². The van der Waals surface area contributed by atoms with Crippen LogP contribution in [-0.4, -0.2) is 26.8 Å². The highest BCUT2D eigenvalue weighted by atomic mass is 32.2. The van der Waals surface area contributed by atoms with Crippen molar-refractivity contribution in [2.75, 3.05) is 4.90 Å². The van der Waals surface area contributed by atoms with Crippen LogP contribution in [0.2, 0.25) is 0 Å². The summed E-state index contributed by atoms with van der Waals surface area (Å²) in [4.78, 5) is 44.2. The van der Waals surface area contributed by atoms with Crippen LogP contribution >= 0.6 is 24.0 Å². The first kappa shape index (κ1) is 24.3. The number of benzene rings is 3. The Kier molecular flexibility index (Phi) is 6.51. The summed E-state index contributed by atoms with van der Waals surface area (Å²) in [5.74, 6) is -1.27. The van der Waals surface area contributed by atoms with Gasteiger partial charge in [-0.2, -0.15) is 0 Å². The van der Waals surface area contributed by atoms with Crippen LogP contribution in [0.25, 0.3) is 17.0 Å². The fraction of sp³-hybridized carbons (Fsp3) is 0.0370. The number of hydrogen-bond donors (Lipinski definition) is 1. The van der Waals surface area contributed by atoms with Gasteiger partial charge in [-0.1, -0.05) is 48.2 Å². The van der Waals surface area contributed by atoms with Gasteiger partial charge in [-0.25, -0.2) is 0 Å². The second kappa shape index (κ2) is 9.92. The van der Waals surface area contributed by atoms with Crippen molar-refractivity contribution in [3.05, 3.63) is 106 Å². The number of nitrogens with zero attached hydrogens (tertiary/aromatic N) is 3. The maximum atomic E-state index is 13.3. The van der Waals surface area contributed by atoms with E-state index in [1.54, 1.807) is 36.5 Å². The van der Waals surface area contributed by atoms with Crippen LogP contribution < -0.4 is 10.2 Å². The van der Waals surface area contributed by atoms with E-state index in [9.17, 15) is 19.7 Å². The molecule has 0 bridgehead atoms. The molecule has 0 radical (unpaired) electrons. The number of rotatable bonds is 5. The molecule has 0 atom stereocenters. The summed E-state index contributed by atoms with van der Waals surface area (Å²) in [6.07, 6.45) is 3.01. The number of nitro groups is 1. The van der Waals surface area contributed by atoms with E-state index in [4.69, 9.17) is 12.2 Å². The van der Waals surface area contributed by atoms with Crippen LogP contribution in [0.3, 0.4) is 0 Å². The molecule has 10 heteroatoms. The van der Waals surface area contributed by atoms with Gasteiger partial charge in [0.05, 0.1) is 21.0 Å². The van der Waals surface area contributed by atoms with Gasteiger partial charge >= 0.3 is 0 Å². The van der Waals surface area contributed by atoms with Crippen molar-refractivity contribution < 1.29 is 14.5 Å². The largest absolute Gasteiger partial charge is 0.298 e. The maximum Gasteiger partial charge on any atom is 0.283 e. The molecule has 0 saturated carbocycles. The van der Waals surface area contributed by atoms with Gasteiger partial charge in [0.25, 0.3) is 17.5 Å². The first-order valence-electron chi connectivity index (χ1n) is 11.1. The van der Waals surface area contributed by atoms with E-state index >= 15 is 0 Å². The minimum absolute atomic E-state index is 0.0285. The first-order chi connectivity index (χ1) is 17.8. The van der Waals surface area contributed by atoms with Gasteiger partial charge in [0.1, 0.15) is 5.57 Å². The maximum absolute atomic E-state index is 13.3. The van der Waals surface area contributed by atoms with E-state index in [-0.39, 0.29) is 16.4 Å². The fourth-order valence-electron chi connectivity index (χ4n) is 3.96. The standard InChI is InChI=1S/C27H18N4O4S2/c1-16-5-2-8-19(13-16)30-26(33)20(25(32)29-27(30)36)14-17-10-11-22(21(15-17)31(34)35)37-23-9-3-6-18-7-4-12-28-24(18)23/h2-15H,1H3,(H,29,32,36)/b20-14+. The van der Waals surface area contributed by atoms with Gasteiger partial charge < -0.3 is 0 Å². The molecule has 8 nitrogen and oxygen atoms in total. The quantitative estimate of drug-likeness (QED) is 0.121. The first-order valence-corrected chi connectivity index (χ1v) is 12.3. The summed E-state index contributed by atoms with van der Waals surface area (Å²) in [5, 5.41) is 15.4. The summed E-state index contributed by atoms with van der Waals surface area (Å²) < 4.78 is 0. The zero-order chi connectivity index (χ0) is 26.1. The number of aryl methyl sites for hydroxylation is 1. The number of anilines is 1. The van der Waals surface area contributed by atoms with Gasteiger partial charge in [0.2, 0.25) is 0 Å². The van der Waals surface area contributed by atoms with Gasteiger partial charge in [-0.15, -0.1) is 0 Å². The molecule has 1 saturated heterocycles. The topological polar surface area (TPSA) is 105 Å². The third-order valence-electron chi connectivity index (χ3n) is 5.67. The third-order valence-corrected chi connectivity index (χ3v) is 7.07. The van der Waals surface area contributed by atoms with Crippen LogP contribution in [0, 0.1) is 17.0 Å². The van der Waals surface area contributed by atoms with Crippen LogP contribution in [0.1, 0.15) is 11.1 Å². The lowest BCUT2D eigenvalue weighted by Gasteiger charge is -2.29. The Morgan fingerprint density at radius 1 is 1.03 bits per heavy atom. The molecule has 5 rings (SSSR count). The minimum Gasteiger partial charge on any atom is -0.298 e. The number of pyridine rings is 1. The number of carbonyl (C=O) groups excluding carboxylic acids is 2. The van der Waals surface area contributed by atoms with Crippen molar-refractivity contribution in [2.45, 2.75) is 16.7 Å². The van der Waals surface area contributed by atoms with Crippen LogP contribution in [0.4, 0.5) is 11.4 Å². The van der Waals surface area contributed by atoms with Crippen molar-refractivity contribution in [1.82, 2.24) is 10.3 Å². The number of fused-ring (bicyclic) bond motifs is 1. The molecule has 0 unspecified atom stereocenters. The molecule has 1 N–H and O–H groups in total. The third kappa shape index (κ3) is 4.84. The predicted octanol–water partition coefficient (Wildman–Crippen LogP) is 5.43. The summed E-state index contributed by atoms with van der Waals surface area (Å²) in [6.45, 7) is 1.88. The molecule has 2 amide bonds. The number of thiocarbonyl (C=S) groups is 1. The molecule has 1 aromatic heterocycles. The van der Waals surface area contributed by atoms with E-state index in [0.717, 1.165) is 21.4 Å². The lowest BCUT2D eigenvalue weighted by atomic mass is 10.1. The Morgan fingerprint density at radius 3 is 2.59 bits per heavy atom. The lowest BCUT2D eigenvalue weighted by molar-refractivity contribution is -0.387. The Hall–Kier alpha value is -4.41. The molecular weight excluding hydrogens is 508 g/mol. The van der Waals surface area contributed by atoms with Crippen molar-refractivity contribution in [2.24, 2.45) is 0 Å². The molecular formula is C27H18N4O4S2. The molecule has 3 aromatic carbocycles. The minimum atomic E-state index is -0.665. The molecule has 1 fully saturated rings. The van der Waals surface area contributed by atoms with Crippen LogP contribution in [0.15, 0.2) is 94.4 Å². The van der Waals surface area contributed by atoms with E-state index in [2.05, 4.69) is 10.3 Å². The number of hydrogen-bond acceptors (Lipinski definition) is 7. The van der Waals surface area contributed by atoms with Crippen molar-refractivity contribution in [3.63, 3.8) is 0 Å². The molecule has 182 valence electrons. The predicted molar refractivity (Wildman–Crippen MR) is 146 cm³/mol. The molecule has 1 aliphatic heterocycles. The second-order valence-electron chi connectivity index (χ2n) is 8.21. The van der Waals surface area contributed by atoms with Gasteiger partial charge in [0, 0.05) is 22.5 Å². The SMILES string of the molecule is Cc1cccc(N2C(=O)/C(=C/c3ccc(Sc4cccc5cccnc45)c([N+](=O)[O-])c3)C(=O)NC2=S)c1. The summed E-state index contributed by atoms with van der Waals surface area (Å²) >= 11 is 6.47. The Labute approximate surface area is 221 Å². The number of nitrogens with one attached hydrogen (secondary N) is 1. The number of aromatic nitrogens is 1. The van der Waals surface area contributed by atoms with Crippen molar-refractivity contribution >= 4 is 69.3 Å². The Bertz CT molecular complexity index is 1650. The summed E-state index contributed by atoms with van der Waals surface area (Å²) in [6, 6.07) is 21.1. The molecule has 1 aliphatic rings. The molecule has 0 spiro atoms. The fourth-order valence-corrected chi connectivity index (χ4v) is 5.26. The average molecular weight is 527 g/mol. The zero-order valence-corrected chi connectivity index (χ0v) is 21.0. The molecule has 4 aromatic rings. The van der Waals surface area contributed by atoms with Crippen molar-refractivity contribution in [3.8, 4) is 0 Å². The van der Waals surface area contributed by atoms with Crippen molar-refractivity contribution in [1.29, 1.82) is 0 Å². The number of para-hydroxylation sites is 1.